The van der Waals surface area contributed by atoms with E-state index < -0.39 is 0 Å². The van der Waals surface area contributed by atoms with Gasteiger partial charge in [0.2, 0.25) is 18.3 Å². The fourth-order valence-corrected chi connectivity index (χ4v) is 7.31. The van der Waals surface area contributed by atoms with Crippen molar-refractivity contribution < 1.29 is 33.3 Å². The molecule has 246 valence electrons. The number of fused-ring (bicyclic) bond motifs is 2. The molecule has 48 heavy (non-hydrogen) atoms. The molecule has 7 rings (SSSR count). The first-order chi connectivity index (χ1) is 23.4. The molecule has 5 heterocycles. The van der Waals surface area contributed by atoms with Gasteiger partial charge in [0.15, 0.2) is 11.5 Å². The van der Waals surface area contributed by atoms with E-state index in [4.69, 9.17) is 33.5 Å². The number of ether oxygens (including phenoxy) is 5. The van der Waals surface area contributed by atoms with Gasteiger partial charge in [0.1, 0.15) is 21.6 Å². The number of amides is 1. The maximum Gasteiger partial charge on any atom is 0.283 e. The van der Waals surface area contributed by atoms with E-state index in [-0.39, 0.29) is 18.8 Å². The van der Waals surface area contributed by atoms with Gasteiger partial charge in [-0.1, -0.05) is 5.16 Å². The molecule has 0 saturated heterocycles. The van der Waals surface area contributed by atoms with Crippen LogP contribution in [0.1, 0.15) is 44.0 Å². The minimum absolute atomic E-state index is 0.00448. The quantitative estimate of drug-likeness (QED) is 0.143. The van der Waals surface area contributed by atoms with Crippen molar-refractivity contribution >= 4 is 39.4 Å². The Morgan fingerprint density at radius 1 is 1.06 bits per heavy atom. The van der Waals surface area contributed by atoms with E-state index in [1.807, 2.05) is 73.3 Å². The number of hydrogen-bond acceptors (Lipinski definition) is 11. The van der Waals surface area contributed by atoms with E-state index in [1.54, 1.807) is 14.2 Å². The number of methoxy groups -OCH3 is 3. The lowest BCUT2D eigenvalue weighted by molar-refractivity contribution is 0.0853. The molecule has 12 nitrogen and oxygen atoms in total. The molecule has 0 spiro atoms. The van der Waals surface area contributed by atoms with Gasteiger partial charge in [-0.05, 0) is 67.4 Å². The maximum atomic E-state index is 13.8. The number of carbonyl (C=O) groups excluding carboxylic acids is 1. The summed E-state index contributed by atoms with van der Waals surface area (Å²) in [5, 5.41) is 9.71. The van der Waals surface area contributed by atoms with Gasteiger partial charge < -0.3 is 33.1 Å². The number of oxime groups is 1. The van der Waals surface area contributed by atoms with E-state index >= 15 is 0 Å². The van der Waals surface area contributed by atoms with Crippen molar-refractivity contribution in [2.45, 2.75) is 32.8 Å². The Kier molecular flexibility index (Phi) is 8.36. The van der Waals surface area contributed by atoms with Gasteiger partial charge in [0.25, 0.3) is 5.91 Å². The number of aryl methyl sites for hydroxylation is 2. The zero-order valence-electron chi connectivity index (χ0n) is 27.0. The van der Waals surface area contributed by atoms with Crippen LogP contribution in [0.3, 0.4) is 0 Å². The normalized spacial score (nSPS) is 15.1. The van der Waals surface area contributed by atoms with Crippen molar-refractivity contribution in [1.29, 1.82) is 0 Å². The Balaban J connectivity index is 1.21. The number of benzene rings is 2. The number of thiophene rings is 1. The molecule has 2 aliphatic heterocycles. The summed E-state index contributed by atoms with van der Waals surface area (Å²) in [6, 6.07) is 13.5. The third-order valence-electron chi connectivity index (χ3n) is 8.26. The third-order valence-corrected chi connectivity index (χ3v) is 9.33. The number of nitrogens with zero attached hydrogens (tertiary/aromatic N) is 4. The number of carbonyl (C=O) groups is 1. The molecule has 1 atom stereocenters. The van der Waals surface area contributed by atoms with Gasteiger partial charge in [0, 0.05) is 47.4 Å². The lowest BCUT2D eigenvalue weighted by Gasteiger charge is -2.19. The number of rotatable bonds is 10. The van der Waals surface area contributed by atoms with Crippen LogP contribution in [0.25, 0.3) is 15.9 Å². The van der Waals surface area contributed by atoms with E-state index in [9.17, 15) is 4.79 Å². The molecule has 1 amide bonds. The monoisotopic (exact) mass is 667 g/mol. The van der Waals surface area contributed by atoms with Gasteiger partial charge in [-0.15, -0.1) is 11.3 Å². The Bertz CT molecular complexity index is 2070. The molecular formula is C35H33N5O7S. The zero-order valence-corrected chi connectivity index (χ0v) is 27.8. The molecule has 13 heteroatoms. The second-order valence-electron chi connectivity index (χ2n) is 11.3. The average molecular weight is 668 g/mol. The van der Waals surface area contributed by atoms with Crippen LogP contribution >= 0.6 is 11.3 Å². The average Bonchev–Trinajstić information content (AvgIpc) is 3.91. The van der Waals surface area contributed by atoms with Gasteiger partial charge in [-0.25, -0.2) is 10.4 Å². The Hall–Kier alpha value is -5.56. The summed E-state index contributed by atoms with van der Waals surface area (Å²) >= 11 is 1.32. The van der Waals surface area contributed by atoms with Crippen LogP contribution in [-0.2, 0) is 11.3 Å². The van der Waals surface area contributed by atoms with E-state index in [2.05, 4.69) is 15.7 Å². The van der Waals surface area contributed by atoms with Gasteiger partial charge >= 0.3 is 0 Å². The molecule has 3 aromatic heterocycles. The number of aromatic nitrogens is 2. The fraction of sp³-hybridized carbons (Fsp3) is 0.257. The molecule has 0 fully saturated rings. The summed E-state index contributed by atoms with van der Waals surface area (Å²) in [4.78, 5) is 25.6. The molecule has 5 aromatic rings. The van der Waals surface area contributed by atoms with Crippen LogP contribution in [0.5, 0.6) is 28.7 Å². The molecule has 0 radical (unpaired) electrons. The van der Waals surface area contributed by atoms with Crippen molar-refractivity contribution in [2.24, 2.45) is 10.3 Å². The topological polar surface area (TPSA) is 127 Å². The summed E-state index contributed by atoms with van der Waals surface area (Å²) in [5.74, 6) is 2.08. The van der Waals surface area contributed by atoms with Crippen LogP contribution < -0.4 is 29.1 Å². The van der Waals surface area contributed by atoms with Crippen LogP contribution in [0.2, 0.25) is 0 Å². The van der Waals surface area contributed by atoms with E-state index in [1.165, 1.54) is 24.7 Å². The highest BCUT2D eigenvalue weighted by atomic mass is 32.1. The minimum Gasteiger partial charge on any atom is -0.497 e. The minimum atomic E-state index is -0.375. The van der Waals surface area contributed by atoms with Crippen molar-refractivity contribution in [1.82, 2.24) is 15.0 Å². The molecule has 2 aliphatic rings. The zero-order chi connectivity index (χ0) is 33.4. The lowest BCUT2D eigenvalue weighted by atomic mass is 9.95. The van der Waals surface area contributed by atoms with E-state index in [0.29, 0.717) is 51.8 Å². The summed E-state index contributed by atoms with van der Waals surface area (Å²) in [6.07, 6.45) is 5.97. The SMILES string of the molecule is COc1ccc(C2=NOC(Cc3c(C=NNC(=O)c4sc5nc(C)cc(C)c5c4-n4cccc4)c(OC)c4c(c3OC)OCO4)C2)cc1. The second kappa shape index (κ2) is 12.9. The fourth-order valence-electron chi connectivity index (χ4n) is 6.12. The summed E-state index contributed by atoms with van der Waals surface area (Å²) in [7, 11) is 4.73. The highest BCUT2D eigenvalue weighted by Crippen LogP contribution is 2.52. The predicted molar refractivity (Wildman–Crippen MR) is 182 cm³/mol. The first kappa shape index (κ1) is 31.1. The summed E-state index contributed by atoms with van der Waals surface area (Å²) in [6.45, 7) is 3.97. The smallest absolute Gasteiger partial charge is 0.283 e. The standard InChI is InChI=1S/C35H33N5O7S/c1-19-14-20(2)37-35-27(19)28(40-12-6-7-13-40)33(48-35)34(41)38-36-17-25-24(29(43-4)31-32(30(25)44-5)46-18-45-31)15-23-16-26(39-47-23)21-8-10-22(42-3)11-9-21/h6-14,17,23H,15-16,18H2,1-5H3,(H,38,41). The van der Waals surface area contributed by atoms with Crippen LogP contribution in [0, 0.1) is 13.8 Å². The van der Waals surface area contributed by atoms with Crippen LogP contribution in [0.15, 0.2) is 65.1 Å². The number of nitrogens with one attached hydrogen (secondary N) is 1. The molecule has 0 saturated carbocycles. The number of hydrogen-bond donors (Lipinski definition) is 1. The first-order valence-electron chi connectivity index (χ1n) is 15.2. The predicted octanol–water partition coefficient (Wildman–Crippen LogP) is 5.96. The summed E-state index contributed by atoms with van der Waals surface area (Å²) in [5.41, 5.74) is 8.42. The first-order valence-corrected chi connectivity index (χ1v) is 16.0. The lowest BCUT2D eigenvalue weighted by Crippen LogP contribution is -2.19. The molecule has 1 unspecified atom stereocenters. The third kappa shape index (κ3) is 5.55. The van der Waals surface area contributed by atoms with Gasteiger partial charge in [0.05, 0.1) is 38.9 Å². The van der Waals surface area contributed by atoms with Gasteiger partial charge in [-0.3, -0.25) is 4.79 Å². The van der Waals surface area contributed by atoms with Crippen LogP contribution in [0.4, 0.5) is 0 Å². The Labute approximate surface area is 280 Å². The molecule has 1 N–H and O–H groups in total. The molecular weight excluding hydrogens is 634 g/mol. The van der Waals surface area contributed by atoms with Crippen molar-refractivity contribution in [3.8, 4) is 34.4 Å². The van der Waals surface area contributed by atoms with Gasteiger partial charge in [-0.2, -0.15) is 5.10 Å². The number of pyridine rings is 1. The highest BCUT2D eigenvalue weighted by molar-refractivity contribution is 7.21. The largest absolute Gasteiger partial charge is 0.497 e. The maximum absolute atomic E-state index is 13.8. The van der Waals surface area contributed by atoms with Crippen molar-refractivity contribution in [3.63, 3.8) is 0 Å². The molecule has 2 aromatic carbocycles. The van der Waals surface area contributed by atoms with E-state index in [0.717, 1.165) is 44.2 Å². The van der Waals surface area contributed by atoms with Crippen LogP contribution in [-0.4, -0.2) is 61.6 Å². The highest BCUT2D eigenvalue weighted by Gasteiger charge is 2.34. The molecule has 0 bridgehead atoms. The Morgan fingerprint density at radius 2 is 1.79 bits per heavy atom. The second-order valence-corrected chi connectivity index (χ2v) is 12.3. The van der Waals surface area contributed by atoms with Crippen molar-refractivity contribution in [3.05, 3.63) is 87.7 Å². The van der Waals surface area contributed by atoms with Crippen molar-refractivity contribution in [2.75, 3.05) is 28.1 Å². The molecule has 0 aliphatic carbocycles. The summed E-state index contributed by atoms with van der Waals surface area (Å²) < 4.78 is 30.5. The Morgan fingerprint density at radius 3 is 2.50 bits per heavy atom. The number of hydrazone groups is 1.